The Morgan fingerprint density at radius 3 is 2.83 bits per heavy atom. The maximum absolute atomic E-state index is 12.1. The Morgan fingerprint density at radius 2 is 2.04 bits per heavy atom. The first-order valence-corrected chi connectivity index (χ1v) is 7.86. The normalized spacial score (nSPS) is 10.5. The minimum Gasteiger partial charge on any atom is -0.339 e. The maximum atomic E-state index is 12.1. The molecule has 2 heterocycles. The van der Waals surface area contributed by atoms with Crippen LogP contribution in [-0.4, -0.2) is 21.0 Å². The molecule has 0 saturated heterocycles. The van der Waals surface area contributed by atoms with E-state index in [2.05, 4.69) is 27.4 Å². The number of nitrogens with one attached hydrogen (secondary N) is 1. The van der Waals surface area contributed by atoms with Gasteiger partial charge in [-0.15, -0.1) is 0 Å². The van der Waals surface area contributed by atoms with Crippen molar-refractivity contribution in [1.82, 2.24) is 15.1 Å². The first kappa shape index (κ1) is 15.9. The fraction of sp³-hybridized carbons (Fsp3) is 0.222. The van der Waals surface area contributed by atoms with E-state index in [1.165, 1.54) is 5.56 Å². The predicted molar refractivity (Wildman–Crippen MR) is 90.3 cm³/mol. The molecule has 0 radical (unpaired) electrons. The van der Waals surface area contributed by atoms with Crippen molar-refractivity contribution < 1.29 is 9.32 Å². The number of benzene rings is 1. The van der Waals surface area contributed by atoms with E-state index in [0.29, 0.717) is 18.1 Å². The second-order valence-corrected chi connectivity index (χ2v) is 5.35. The Balaban J connectivity index is 1.56. The molecule has 0 aliphatic heterocycles. The summed E-state index contributed by atoms with van der Waals surface area (Å²) in [5, 5.41) is 6.81. The molecular formula is C18H18N4O2. The van der Waals surface area contributed by atoms with Crippen molar-refractivity contribution in [1.29, 1.82) is 0 Å². The zero-order chi connectivity index (χ0) is 16.8. The number of pyridine rings is 1. The summed E-state index contributed by atoms with van der Waals surface area (Å²) in [6.07, 6.45) is 4.96. The fourth-order valence-electron chi connectivity index (χ4n) is 2.29. The largest absolute Gasteiger partial charge is 0.339 e. The van der Waals surface area contributed by atoms with Gasteiger partial charge in [-0.3, -0.25) is 9.78 Å². The second-order valence-electron chi connectivity index (χ2n) is 5.35. The van der Waals surface area contributed by atoms with Gasteiger partial charge in [-0.2, -0.15) is 4.98 Å². The van der Waals surface area contributed by atoms with Gasteiger partial charge in [0.1, 0.15) is 0 Å². The van der Waals surface area contributed by atoms with E-state index in [1.807, 2.05) is 36.4 Å². The molecule has 0 unspecified atom stereocenters. The molecule has 3 rings (SSSR count). The lowest BCUT2D eigenvalue weighted by atomic mass is 10.1. The van der Waals surface area contributed by atoms with Crippen molar-refractivity contribution in [3.05, 3.63) is 60.2 Å². The quantitative estimate of drug-likeness (QED) is 0.753. The second kappa shape index (κ2) is 7.50. The highest BCUT2D eigenvalue weighted by Crippen LogP contribution is 2.15. The molecule has 1 N–H and O–H groups in total. The Bertz CT molecular complexity index is 815. The van der Waals surface area contributed by atoms with Gasteiger partial charge in [0.15, 0.2) is 0 Å². The van der Waals surface area contributed by atoms with Gasteiger partial charge in [0.25, 0.3) is 0 Å². The van der Waals surface area contributed by atoms with E-state index < -0.39 is 0 Å². The molecule has 1 aromatic carbocycles. The predicted octanol–water partition coefficient (Wildman–Crippen LogP) is 3.27. The molecule has 6 nitrogen and oxygen atoms in total. The minimum atomic E-state index is -0.0769. The molecule has 24 heavy (non-hydrogen) atoms. The first-order valence-electron chi connectivity index (χ1n) is 7.86. The van der Waals surface area contributed by atoms with Gasteiger partial charge in [-0.1, -0.05) is 24.2 Å². The van der Waals surface area contributed by atoms with Crippen LogP contribution in [0, 0.1) is 0 Å². The number of hydrogen-bond acceptors (Lipinski definition) is 5. The van der Waals surface area contributed by atoms with Crippen molar-refractivity contribution in [3.63, 3.8) is 0 Å². The Hall–Kier alpha value is -3.02. The average molecular weight is 322 g/mol. The molecule has 0 saturated carbocycles. The highest BCUT2D eigenvalue weighted by Gasteiger charge is 2.11. The van der Waals surface area contributed by atoms with Crippen LogP contribution >= 0.6 is 0 Å². The van der Waals surface area contributed by atoms with Gasteiger partial charge >= 0.3 is 0 Å². The van der Waals surface area contributed by atoms with E-state index in [-0.39, 0.29) is 12.3 Å². The van der Waals surface area contributed by atoms with Crippen LogP contribution in [0.4, 0.5) is 5.69 Å². The molecule has 0 fully saturated rings. The lowest BCUT2D eigenvalue weighted by molar-refractivity contribution is -0.116. The molecule has 0 spiro atoms. The third-order valence-corrected chi connectivity index (χ3v) is 3.59. The summed E-state index contributed by atoms with van der Waals surface area (Å²) in [4.78, 5) is 20.3. The molecule has 0 aliphatic carbocycles. The molecule has 0 atom stereocenters. The Kier molecular flexibility index (Phi) is 4.96. The zero-order valence-corrected chi connectivity index (χ0v) is 13.4. The van der Waals surface area contributed by atoms with E-state index >= 15 is 0 Å². The molecule has 1 amide bonds. The van der Waals surface area contributed by atoms with Gasteiger partial charge in [0.05, 0.1) is 0 Å². The van der Waals surface area contributed by atoms with Crippen molar-refractivity contribution >= 4 is 11.6 Å². The molecular weight excluding hydrogens is 304 g/mol. The monoisotopic (exact) mass is 322 g/mol. The summed E-state index contributed by atoms with van der Waals surface area (Å²) in [7, 11) is 0. The summed E-state index contributed by atoms with van der Waals surface area (Å²) in [5.74, 6) is 0.870. The van der Waals surface area contributed by atoms with Crippen LogP contribution in [0.1, 0.15) is 24.8 Å². The third kappa shape index (κ3) is 4.04. The molecule has 122 valence electrons. The minimum absolute atomic E-state index is 0.0769. The molecule has 0 aliphatic rings. The van der Waals surface area contributed by atoms with Gasteiger partial charge in [0, 0.05) is 36.5 Å². The van der Waals surface area contributed by atoms with Crippen LogP contribution in [-0.2, 0) is 17.6 Å². The summed E-state index contributed by atoms with van der Waals surface area (Å²) in [5.41, 5.74) is 2.83. The van der Waals surface area contributed by atoms with Crippen molar-refractivity contribution in [2.45, 2.75) is 26.2 Å². The maximum Gasteiger partial charge on any atom is 0.227 e. The summed E-state index contributed by atoms with van der Waals surface area (Å²) in [6.45, 7) is 2.08. The van der Waals surface area contributed by atoms with Crippen molar-refractivity contribution in [3.8, 4) is 11.4 Å². The number of carbonyl (C=O) groups excluding carboxylic acids is 1. The summed E-state index contributed by atoms with van der Waals surface area (Å²) >= 11 is 0. The first-order chi connectivity index (χ1) is 11.7. The Morgan fingerprint density at radius 1 is 1.21 bits per heavy atom. The van der Waals surface area contributed by atoms with Gasteiger partial charge in [-0.25, -0.2) is 0 Å². The molecule has 2 aromatic heterocycles. The number of amides is 1. The molecule has 3 aromatic rings. The van der Waals surface area contributed by atoms with Crippen LogP contribution in [0.2, 0.25) is 0 Å². The topological polar surface area (TPSA) is 80.9 Å². The number of carbonyl (C=O) groups is 1. The van der Waals surface area contributed by atoms with E-state index in [1.54, 1.807) is 12.4 Å². The van der Waals surface area contributed by atoms with Crippen molar-refractivity contribution in [2.24, 2.45) is 0 Å². The van der Waals surface area contributed by atoms with Crippen molar-refractivity contribution in [2.75, 3.05) is 5.32 Å². The van der Waals surface area contributed by atoms with Crippen LogP contribution in [0.5, 0.6) is 0 Å². The molecule has 0 bridgehead atoms. The SMILES string of the molecule is CCc1cccc(NC(=O)CCc2nc(-c3ccncc3)no2)c1. The standard InChI is InChI=1S/C18H18N4O2/c1-2-13-4-3-5-15(12-13)20-16(23)6-7-17-21-18(22-24-17)14-8-10-19-11-9-14/h3-5,8-12H,2,6-7H2,1H3,(H,20,23). The van der Waals surface area contributed by atoms with Crippen LogP contribution in [0.25, 0.3) is 11.4 Å². The van der Waals surface area contributed by atoms with Gasteiger partial charge in [-0.05, 0) is 36.2 Å². The van der Waals surface area contributed by atoms with Gasteiger partial charge in [0.2, 0.25) is 17.6 Å². The summed E-state index contributed by atoms with van der Waals surface area (Å²) in [6, 6.07) is 11.4. The lowest BCUT2D eigenvalue weighted by Gasteiger charge is -2.05. The number of aromatic nitrogens is 3. The fourth-order valence-corrected chi connectivity index (χ4v) is 2.29. The average Bonchev–Trinajstić information content (AvgIpc) is 3.10. The zero-order valence-electron chi connectivity index (χ0n) is 13.4. The highest BCUT2D eigenvalue weighted by atomic mass is 16.5. The number of nitrogens with zero attached hydrogens (tertiary/aromatic N) is 3. The van der Waals surface area contributed by atoms with Gasteiger partial charge < -0.3 is 9.84 Å². The van der Waals surface area contributed by atoms with E-state index in [4.69, 9.17) is 4.52 Å². The van der Waals surface area contributed by atoms with Crippen LogP contribution in [0.15, 0.2) is 53.3 Å². The number of anilines is 1. The van der Waals surface area contributed by atoms with E-state index in [9.17, 15) is 4.79 Å². The van der Waals surface area contributed by atoms with Crippen LogP contribution < -0.4 is 5.32 Å². The molecule has 6 heteroatoms. The summed E-state index contributed by atoms with van der Waals surface area (Å²) < 4.78 is 5.19. The van der Waals surface area contributed by atoms with Crippen LogP contribution in [0.3, 0.4) is 0 Å². The highest BCUT2D eigenvalue weighted by molar-refractivity contribution is 5.90. The number of aryl methyl sites for hydroxylation is 2. The smallest absolute Gasteiger partial charge is 0.227 e. The lowest BCUT2D eigenvalue weighted by Crippen LogP contribution is -2.12. The Labute approximate surface area is 139 Å². The number of hydrogen-bond donors (Lipinski definition) is 1. The third-order valence-electron chi connectivity index (χ3n) is 3.59. The van der Waals surface area contributed by atoms with E-state index in [0.717, 1.165) is 17.7 Å². The number of rotatable bonds is 6.